The van der Waals surface area contributed by atoms with Crippen molar-refractivity contribution in [2.75, 3.05) is 10.0 Å². The van der Waals surface area contributed by atoms with E-state index >= 15 is 0 Å². The number of nitrogens with zero attached hydrogens (tertiary/aromatic N) is 2. The topological polar surface area (TPSA) is 147 Å². The summed E-state index contributed by atoms with van der Waals surface area (Å²) >= 11 is 0. The molecular weight excluding hydrogens is 470 g/mol. The second-order valence-electron chi connectivity index (χ2n) is 8.59. The Hall–Kier alpha value is -4.25. The first-order valence-corrected chi connectivity index (χ1v) is 12.3. The Morgan fingerprint density at radius 3 is 2.43 bits per heavy atom. The van der Waals surface area contributed by atoms with Gasteiger partial charge in [-0.1, -0.05) is 18.1 Å². The summed E-state index contributed by atoms with van der Waals surface area (Å²) in [4.78, 5) is 30.4. The minimum Gasteiger partial charge on any atom is -0.334 e. The maximum absolute atomic E-state index is 12.9. The van der Waals surface area contributed by atoms with Gasteiger partial charge in [0.2, 0.25) is 17.3 Å². The van der Waals surface area contributed by atoms with Crippen LogP contribution in [0.2, 0.25) is 0 Å². The molecule has 1 aliphatic carbocycles. The van der Waals surface area contributed by atoms with Crippen molar-refractivity contribution in [2.45, 2.75) is 24.7 Å². The number of H-pyrrole nitrogens is 1. The lowest BCUT2D eigenvalue weighted by atomic mass is 10.1. The van der Waals surface area contributed by atoms with E-state index in [-0.39, 0.29) is 33.5 Å². The molecule has 1 saturated carbocycles. The van der Waals surface area contributed by atoms with Crippen molar-refractivity contribution in [1.29, 1.82) is 0 Å². The SMILES string of the molecule is CC1(C(=O)Nc2cccc(NS(=O)(=O)c3ccc(-c4noc(-c5ccc(=O)[nH]c5)n4)cc3)c2)CC1. The van der Waals surface area contributed by atoms with Gasteiger partial charge in [-0.2, -0.15) is 4.98 Å². The van der Waals surface area contributed by atoms with Gasteiger partial charge in [0.1, 0.15) is 0 Å². The predicted octanol–water partition coefficient (Wildman–Crippen LogP) is 3.63. The Morgan fingerprint density at radius 2 is 1.74 bits per heavy atom. The molecule has 2 aromatic carbocycles. The lowest BCUT2D eigenvalue weighted by molar-refractivity contribution is -0.120. The molecule has 11 heteroatoms. The molecule has 35 heavy (non-hydrogen) atoms. The molecule has 0 aliphatic heterocycles. The Kier molecular flexibility index (Phi) is 5.48. The quantitative estimate of drug-likeness (QED) is 0.358. The number of aromatic amines is 1. The Bertz CT molecular complexity index is 1550. The lowest BCUT2D eigenvalue weighted by Crippen LogP contribution is -2.21. The molecule has 1 amide bonds. The summed E-state index contributed by atoms with van der Waals surface area (Å²) in [5, 5.41) is 6.76. The predicted molar refractivity (Wildman–Crippen MR) is 129 cm³/mol. The smallest absolute Gasteiger partial charge is 0.261 e. The van der Waals surface area contributed by atoms with Crippen molar-refractivity contribution in [2.24, 2.45) is 5.41 Å². The number of rotatable bonds is 7. The highest BCUT2D eigenvalue weighted by atomic mass is 32.2. The van der Waals surface area contributed by atoms with Crippen molar-refractivity contribution < 1.29 is 17.7 Å². The van der Waals surface area contributed by atoms with E-state index in [0.717, 1.165) is 12.8 Å². The van der Waals surface area contributed by atoms with Crippen molar-refractivity contribution in [1.82, 2.24) is 15.1 Å². The van der Waals surface area contributed by atoms with Gasteiger partial charge < -0.3 is 14.8 Å². The van der Waals surface area contributed by atoms with E-state index in [1.165, 1.54) is 24.4 Å². The number of pyridine rings is 1. The van der Waals surface area contributed by atoms with Gasteiger partial charge in [-0.15, -0.1) is 0 Å². The van der Waals surface area contributed by atoms with Gasteiger partial charge in [0.15, 0.2) is 0 Å². The van der Waals surface area contributed by atoms with Crippen molar-refractivity contribution in [3.8, 4) is 22.8 Å². The van der Waals surface area contributed by atoms with Crippen LogP contribution in [0.4, 0.5) is 11.4 Å². The molecule has 1 fully saturated rings. The van der Waals surface area contributed by atoms with E-state index in [0.29, 0.717) is 22.5 Å². The lowest BCUT2D eigenvalue weighted by Gasteiger charge is -2.12. The van der Waals surface area contributed by atoms with E-state index < -0.39 is 10.0 Å². The number of sulfonamides is 1. The standard InChI is InChI=1S/C24H21N5O5S/c1-24(11-12-24)23(31)26-17-3-2-4-18(13-17)29-35(32,33)19-8-5-15(6-9-19)21-27-22(34-28-21)16-7-10-20(30)25-14-16/h2-10,13-14,29H,11-12H2,1H3,(H,25,30)(H,26,31). The molecule has 2 aromatic heterocycles. The summed E-state index contributed by atoms with van der Waals surface area (Å²) in [7, 11) is -3.88. The van der Waals surface area contributed by atoms with Gasteiger partial charge in [0.25, 0.3) is 15.9 Å². The summed E-state index contributed by atoms with van der Waals surface area (Å²) in [5.74, 6) is 0.423. The van der Waals surface area contributed by atoms with Crippen LogP contribution in [0.15, 0.2) is 81.1 Å². The highest BCUT2D eigenvalue weighted by Gasteiger charge is 2.44. The fraction of sp³-hybridized carbons (Fsp3) is 0.167. The zero-order chi connectivity index (χ0) is 24.6. The number of carbonyl (C=O) groups is 1. The third-order valence-corrected chi connectivity index (χ3v) is 7.20. The van der Waals surface area contributed by atoms with E-state index in [1.807, 2.05) is 6.92 Å². The highest BCUT2D eigenvalue weighted by molar-refractivity contribution is 7.92. The number of amides is 1. The minimum atomic E-state index is -3.88. The molecule has 2 heterocycles. The van der Waals surface area contributed by atoms with Gasteiger partial charge >= 0.3 is 0 Å². The maximum Gasteiger partial charge on any atom is 0.261 e. The molecule has 0 bridgehead atoms. The number of hydrogen-bond donors (Lipinski definition) is 3. The van der Waals surface area contributed by atoms with Crippen LogP contribution < -0.4 is 15.6 Å². The van der Waals surface area contributed by atoms with Gasteiger partial charge in [0, 0.05) is 28.9 Å². The van der Waals surface area contributed by atoms with Crippen LogP contribution in [0.3, 0.4) is 0 Å². The Labute approximate surface area is 200 Å². The first-order valence-electron chi connectivity index (χ1n) is 10.8. The van der Waals surface area contributed by atoms with Gasteiger partial charge in [-0.25, -0.2) is 8.42 Å². The summed E-state index contributed by atoms with van der Waals surface area (Å²) in [6.45, 7) is 1.90. The van der Waals surface area contributed by atoms with Gasteiger partial charge in [-0.3, -0.25) is 14.3 Å². The second kappa shape index (κ2) is 8.51. The first kappa shape index (κ1) is 22.5. The molecule has 0 unspecified atom stereocenters. The molecule has 1 aliphatic rings. The average molecular weight is 492 g/mol. The van der Waals surface area contributed by atoms with Crippen LogP contribution in [-0.4, -0.2) is 29.4 Å². The van der Waals surface area contributed by atoms with Crippen LogP contribution in [0.5, 0.6) is 0 Å². The van der Waals surface area contributed by atoms with Crippen LogP contribution in [-0.2, 0) is 14.8 Å². The van der Waals surface area contributed by atoms with Crippen LogP contribution in [0.25, 0.3) is 22.8 Å². The fourth-order valence-corrected chi connectivity index (χ4v) is 4.41. The van der Waals surface area contributed by atoms with Crippen LogP contribution in [0, 0.1) is 5.41 Å². The van der Waals surface area contributed by atoms with Crippen LogP contribution >= 0.6 is 0 Å². The number of carbonyl (C=O) groups excluding carboxylic acids is 1. The van der Waals surface area contributed by atoms with E-state index in [9.17, 15) is 18.0 Å². The van der Waals surface area contributed by atoms with E-state index in [2.05, 4.69) is 25.2 Å². The minimum absolute atomic E-state index is 0.0468. The molecule has 3 N–H and O–H groups in total. The zero-order valence-corrected chi connectivity index (χ0v) is 19.4. The van der Waals surface area contributed by atoms with Gasteiger partial charge in [0.05, 0.1) is 16.1 Å². The molecular formula is C24H21N5O5S. The largest absolute Gasteiger partial charge is 0.334 e. The molecule has 0 atom stereocenters. The number of aromatic nitrogens is 3. The zero-order valence-electron chi connectivity index (χ0n) is 18.6. The third-order valence-electron chi connectivity index (χ3n) is 5.80. The third kappa shape index (κ3) is 4.85. The number of benzene rings is 2. The molecule has 0 radical (unpaired) electrons. The van der Waals surface area contributed by atoms with E-state index in [1.54, 1.807) is 42.5 Å². The molecule has 178 valence electrons. The normalized spacial score (nSPS) is 14.3. The van der Waals surface area contributed by atoms with Gasteiger partial charge in [-0.05, 0) is 61.4 Å². The van der Waals surface area contributed by atoms with Crippen molar-refractivity contribution >= 4 is 27.3 Å². The summed E-state index contributed by atoms with van der Waals surface area (Å²) in [6.07, 6.45) is 3.16. The fourth-order valence-electron chi connectivity index (χ4n) is 3.36. The van der Waals surface area contributed by atoms with Crippen LogP contribution in [0.1, 0.15) is 19.8 Å². The Morgan fingerprint density at radius 1 is 1.03 bits per heavy atom. The summed E-state index contributed by atoms with van der Waals surface area (Å²) < 4.78 is 33.6. The number of nitrogens with one attached hydrogen (secondary N) is 3. The first-order chi connectivity index (χ1) is 16.7. The Balaban J connectivity index is 1.30. The molecule has 5 rings (SSSR count). The molecule has 10 nitrogen and oxygen atoms in total. The molecule has 4 aromatic rings. The molecule has 0 spiro atoms. The highest BCUT2D eigenvalue weighted by Crippen LogP contribution is 2.45. The van der Waals surface area contributed by atoms with Crippen molar-refractivity contribution in [3.05, 3.63) is 77.2 Å². The summed E-state index contributed by atoms with van der Waals surface area (Å²) in [6, 6.07) is 15.5. The number of hydrogen-bond acceptors (Lipinski definition) is 7. The maximum atomic E-state index is 12.9. The van der Waals surface area contributed by atoms with E-state index in [4.69, 9.17) is 4.52 Å². The number of anilines is 2. The average Bonchev–Trinajstić information content (AvgIpc) is 3.40. The monoisotopic (exact) mass is 491 g/mol. The summed E-state index contributed by atoms with van der Waals surface area (Å²) in [5.41, 5.74) is 1.38. The second-order valence-corrected chi connectivity index (χ2v) is 10.3. The molecule has 0 saturated heterocycles. The van der Waals surface area contributed by atoms with Crippen molar-refractivity contribution in [3.63, 3.8) is 0 Å².